The van der Waals surface area contributed by atoms with Crippen LogP contribution in [0.2, 0.25) is 0 Å². The first-order valence-corrected chi connectivity index (χ1v) is 22.0. The highest BCUT2D eigenvalue weighted by Crippen LogP contribution is 2.64. The van der Waals surface area contributed by atoms with Crippen molar-refractivity contribution in [1.29, 1.82) is 0 Å². The predicted molar refractivity (Wildman–Crippen MR) is 253 cm³/mol. The van der Waals surface area contributed by atoms with Crippen molar-refractivity contribution in [3.05, 3.63) is 234 Å². The van der Waals surface area contributed by atoms with Gasteiger partial charge in [0.25, 0.3) is 0 Å². The maximum Gasteiger partial charge on any atom is 0.137 e. The van der Waals surface area contributed by atoms with E-state index in [0.717, 1.165) is 39.0 Å². The van der Waals surface area contributed by atoms with Crippen molar-refractivity contribution in [2.45, 2.75) is 34.5 Å². The lowest BCUT2D eigenvalue weighted by atomic mass is 9.67. The summed E-state index contributed by atoms with van der Waals surface area (Å²) in [5.74, 6) is 0. The van der Waals surface area contributed by atoms with E-state index in [1.165, 1.54) is 76.6 Å². The molecular weight excluding hydrogens is 759 g/mol. The van der Waals surface area contributed by atoms with Crippen LogP contribution in [0.25, 0.3) is 55.3 Å². The Morgan fingerprint density at radius 3 is 1.84 bits per heavy atom. The van der Waals surface area contributed by atoms with Gasteiger partial charge in [0, 0.05) is 31.8 Å². The summed E-state index contributed by atoms with van der Waals surface area (Å²) in [4.78, 5) is 5.11. The molecule has 10 aromatic rings. The van der Waals surface area contributed by atoms with Crippen molar-refractivity contribution in [2.24, 2.45) is 0 Å². The zero-order chi connectivity index (χ0) is 40.5. The minimum absolute atomic E-state index is 0.157. The van der Waals surface area contributed by atoms with Crippen LogP contribution in [0.5, 0.6) is 0 Å². The maximum atomic E-state index is 6.60. The molecule has 288 valence electrons. The first-order valence-electron chi connectivity index (χ1n) is 21.2. The molecule has 1 spiro atoms. The topological polar surface area (TPSA) is 16.4 Å². The highest BCUT2D eigenvalue weighted by atomic mass is 32.2. The number of furan rings is 1. The Morgan fingerprint density at radius 2 is 1.03 bits per heavy atom. The van der Waals surface area contributed by atoms with E-state index in [1.54, 1.807) is 0 Å². The highest BCUT2D eigenvalue weighted by molar-refractivity contribution is 7.99. The first kappa shape index (κ1) is 34.8. The Balaban J connectivity index is 1.14. The summed E-state index contributed by atoms with van der Waals surface area (Å²) in [5, 5.41) is 2.22. The van der Waals surface area contributed by atoms with Crippen molar-refractivity contribution < 1.29 is 4.42 Å². The summed E-state index contributed by atoms with van der Waals surface area (Å²) in [6, 6.07) is 74.2. The molecule has 0 saturated carbocycles. The van der Waals surface area contributed by atoms with Gasteiger partial charge in [-0.3, -0.25) is 0 Å². The molecule has 0 amide bonds. The minimum atomic E-state index is -0.558. The number of benzene rings is 9. The van der Waals surface area contributed by atoms with E-state index in [-0.39, 0.29) is 5.41 Å². The van der Waals surface area contributed by atoms with E-state index in [0.29, 0.717) is 0 Å². The zero-order valence-electron chi connectivity index (χ0n) is 33.8. The summed E-state index contributed by atoms with van der Waals surface area (Å²) < 4.78 is 6.60. The number of hydrogen-bond donors (Lipinski definition) is 0. The summed E-state index contributed by atoms with van der Waals surface area (Å²) in [5.41, 5.74) is 20.0. The molecule has 2 nitrogen and oxygen atoms in total. The standard InChI is InChI=1S/C58H39NOS/c1-57(2)43-24-10-8-21-41(43)54-46(57)27-15-29-49(54)59(50-30-16-32-52-55(50)42-22-9-13-31-51(42)60-52)37-33-34-53-48(35-37)58(44-25-11-6-19-39(44)40-20-7-12-26-45(40)58)47-28-14-23-38(56(47)61-53)36-17-4-3-5-18-36/h3-35H,1-2H3. The molecule has 0 atom stereocenters. The van der Waals surface area contributed by atoms with E-state index < -0.39 is 5.41 Å². The van der Waals surface area contributed by atoms with Crippen LogP contribution in [-0.4, -0.2) is 0 Å². The normalized spacial score (nSPS) is 14.6. The van der Waals surface area contributed by atoms with Crippen molar-refractivity contribution >= 4 is 50.8 Å². The van der Waals surface area contributed by atoms with Crippen LogP contribution < -0.4 is 4.90 Å². The molecule has 3 heteroatoms. The van der Waals surface area contributed by atoms with E-state index in [1.807, 2.05) is 11.8 Å². The number of rotatable bonds is 4. The Labute approximate surface area is 359 Å². The molecule has 1 aromatic heterocycles. The molecule has 2 heterocycles. The second-order valence-corrected chi connectivity index (χ2v) is 18.2. The van der Waals surface area contributed by atoms with Gasteiger partial charge < -0.3 is 9.32 Å². The molecule has 61 heavy (non-hydrogen) atoms. The fourth-order valence-corrected chi connectivity index (χ4v) is 12.5. The SMILES string of the molecule is CC1(C)c2ccccc2-c2c(N(c3ccc4c(c3)C3(c5ccccc5-c5ccccc53)c3cccc(-c5ccccc5)c3S4)c3cccc4oc5ccccc5c34)cccc21. The molecule has 0 saturated heterocycles. The lowest BCUT2D eigenvalue weighted by Gasteiger charge is -2.41. The Bertz CT molecular complexity index is 3400. The largest absolute Gasteiger partial charge is 0.456 e. The first-order chi connectivity index (χ1) is 30.0. The highest BCUT2D eigenvalue weighted by Gasteiger charge is 2.51. The number of fused-ring (bicyclic) bond motifs is 15. The van der Waals surface area contributed by atoms with E-state index >= 15 is 0 Å². The fourth-order valence-electron chi connectivity index (χ4n) is 11.2. The second kappa shape index (κ2) is 12.7. The molecule has 0 fully saturated rings. The van der Waals surface area contributed by atoms with Gasteiger partial charge in [0.05, 0.1) is 22.2 Å². The second-order valence-electron chi connectivity index (χ2n) is 17.1. The molecule has 2 aliphatic carbocycles. The van der Waals surface area contributed by atoms with Crippen LogP contribution in [-0.2, 0) is 10.8 Å². The van der Waals surface area contributed by atoms with Crippen molar-refractivity contribution in [2.75, 3.05) is 4.90 Å². The van der Waals surface area contributed by atoms with Gasteiger partial charge in [0.15, 0.2) is 0 Å². The number of nitrogens with zero attached hydrogens (tertiary/aromatic N) is 1. The summed E-state index contributed by atoms with van der Waals surface area (Å²) in [7, 11) is 0. The van der Waals surface area contributed by atoms with Crippen LogP contribution in [0.4, 0.5) is 17.1 Å². The number of hydrogen-bond acceptors (Lipinski definition) is 3. The van der Waals surface area contributed by atoms with Gasteiger partial charge in [0.2, 0.25) is 0 Å². The Hall–Kier alpha value is -7.07. The predicted octanol–water partition coefficient (Wildman–Crippen LogP) is 15.9. The molecule has 0 bridgehead atoms. The fraction of sp³-hybridized carbons (Fsp3) is 0.0690. The number of para-hydroxylation sites is 1. The minimum Gasteiger partial charge on any atom is -0.456 e. The Morgan fingerprint density at radius 1 is 0.443 bits per heavy atom. The van der Waals surface area contributed by atoms with Gasteiger partial charge in [-0.1, -0.05) is 183 Å². The molecule has 13 rings (SSSR count). The average Bonchev–Trinajstić information content (AvgIpc) is 3.92. The molecule has 0 N–H and O–H groups in total. The van der Waals surface area contributed by atoms with E-state index in [4.69, 9.17) is 4.42 Å². The van der Waals surface area contributed by atoms with Gasteiger partial charge in [-0.25, -0.2) is 0 Å². The third-order valence-electron chi connectivity index (χ3n) is 13.7. The summed E-state index contributed by atoms with van der Waals surface area (Å²) in [6.07, 6.45) is 0. The van der Waals surface area contributed by atoms with E-state index in [2.05, 4.69) is 219 Å². The third-order valence-corrected chi connectivity index (χ3v) is 15.0. The molecule has 0 unspecified atom stereocenters. The monoisotopic (exact) mass is 797 g/mol. The van der Waals surface area contributed by atoms with Gasteiger partial charge in [-0.15, -0.1) is 0 Å². The van der Waals surface area contributed by atoms with E-state index in [9.17, 15) is 0 Å². The average molecular weight is 798 g/mol. The van der Waals surface area contributed by atoms with Crippen molar-refractivity contribution in [1.82, 2.24) is 0 Å². The lowest BCUT2D eigenvalue weighted by Crippen LogP contribution is -2.32. The molecule has 3 aliphatic rings. The Kier molecular flexibility index (Phi) is 7.25. The third kappa shape index (κ3) is 4.64. The summed E-state index contributed by atoms with van der Waals surface area (Å²) in [6.45, 7) is 4.73. The lowest BCUT2D eigenvalue weighted by molar-refractivity contribution is 0.660. The van der Waals surface area contributed by atoms with Gasteiger partial charge in [0.1, 0.15) is 11.2 Å². The molecule has 0 radical (unpaired) electrons. The van der Waals surface area contributed by atoms with Gasteiger partial charge in [-0.2, -0.15) is 0 Å². The van der Waals surface area contributed by atoms with Crippen LogP contribution in [0, 0.1) is 0 Å². The quantitative estimate of drug-likeness (QED) is 0.176. The van der Waals surface area contributed by atoms with Crippen molar-refractivity contribution in [3.63, 3.8) is 0 Å². The van der Waals surface area contributed by atoms with Crippen LogP contribution in [0.3, 0.4) is 0 Å². The van der Waals surface area contributed by atoms with Gasteiger partial charge >= 0.3 is 0 Å². The van der Waals surface area contributed by atoms with Crippen LogP contribution in [0.1, 0.15) is 47.2 Å². The maximum absolute atomic E-state index is 6.60. The van der Waals surface area contributed by atoms with Crippen molar-refractivity contribution in [3.8, 4) is 33.4 Å². The van der Waals surface area contributed by atoms with Gasteiger partial charge in [-0.05, 0) is 104 Å². The molecule has 1 aliphatic heterocycles. The number of anilines is 3. The van der Waals surface area contributed by atoms with Crippen LogP contribution >= 0.6 is 11.8 Å². The zero-order valence-corrected chi connectivity index (χ0v) is 34.6. The smallest absolute Gasteiger partial charge is 0.137 e. The molecule has 9 aromatic carbocycles. The molecular formula is C58H39NOS. The van der Waals surface area contributed by atoms with Crippen LogP contribution in [0.15, 0.2) is 214 Å². The summed E-state index contributed by atoms with van der Waals surface area (Å²) >= 11 is 1.91.